The summed E-state index contributed by atoms with van der Waals surface area (Å²) in [5.74, 6) is 0. The lowest BCUT2D eigenvalue weighted by atomic mass is 9.98. The summed E-state index contributed by atoms with van der Waals surface area (Å²) in [7, 11) is 0. The molecule has 0 radical (unpaired) electrons. The van der Waals surface area contributed by atoms with E-state index in [-0.39, 0.29) is 0 Å². The second-order valence-electron chi connectivity index (χ2n) is 8.91. The summed E-state index contributed by atoms with van der Waals surface area (Å²) in [5, 5.41) is 2.64. The van der Waals surface area contributed by atoms with Gasteiger partial charge in [0.1, 0.15) is 0 Å². The Balaban J connectivity index is 0.00000117. The standard InChI is InChI=1S/C33H23N.C2H6/c1-3-11-23-12-9-20-31(25(23)15-6-1)34(24-13-4-2-5-14-24)32-22-21-29-27-17-8-7-16-26(27)28-18-10-19-30(32)33(28)29;1-2/h1-14,16-22H,15H2;1-2H3. The quantitative estimate of drug-likeness (QED) is 0.252. The first-order chi connectivity index (χ1) is 17.9. The highest BCUT2D eigenvalue weighted by Gasteiger charge is 2.25. The van der Waals surface area contributed by atoms with Crippen LogP contribution >= 0.6 is 0 Å². The van der Waals surface area contributed by atoms with Crippen molar-refractivity contribution < 1.29 is 0 Å². The lowest BCUT2D eigenvalue weighted by Gasteiger charge is -2.29. The van der Waals surface area contributed by atoms with Gasteiger partial charge in [0.05, 0.1) is 11.4 Å². The zero-order valence-corrected chi connectivity index (χ0v) is 20.8. The average molecular weight is 464 g/mol. The van der Waals surface area contributed by atoms with E-state index >= 15 is 0 Å². The van der Waals surface area contributed by atoms with Gasteiger partial charge in [0, 0.05) is 11.1 Å². The smallest absolute Gasteiger partial charge is 0.0540 e. The third-order valence-electron chi connectivity index (χ3n) is 7.05. The second-order valence-corrected chi connectivity index (χ2v) is 8.91. The number of hydrogen-bond donors (Lipinski definition) is 0. The Labute approximate surface area is 213 Å². The lowest BCUT2D eigenvalue weighted by Crippen LogP contribution is -2.13. The number of rotatable bonds is 3. The second kappa shape index (κ2) is 9.36. The van der Waals surface area contributed by atoms with Crippen molar-refractivity contribution in [1.29, 1.82) is 0 Å². The van der Waals surface area contributed by atoms with E-state index in [1.165, 1.54) is 61.2 Å². The molecule has 0 fully saturated rings. The molecule has 36 heavy (non-hydrogen) atoms. The summed E-state index contributed by atoms with van der Waals surface area (Å²) < 4.78 is 0. The van der Waals surface area contributed by atoms with Crippen LogP contribution in [0.25, 0.3) is 39.1 Å². The third kappa shape index (κ3) is 3.48. The highest BCUT2D eigenvalue weighted by Crippen LogP contribution is 2.51. The van der Waals surface area contributed by atoms with E-state index in [0.717, 1.165) is 6.42 Å². The molecule has 1 nitrogen and oxygen atoms in total. The molecule has 174 valence electrons. The van der Waals surface area contributed by atoms with Crippen LogP contribution in [0, 0.1) is 0 Å². The number of benzene rings is 5. The Kier molecular flexibility index (Phi) is 5.75. The molecule has 0 atom stereocenters. The molecule has 0 spiro atoms. The predicted molar refractivity (Wildman–Crippen MR) is 156 cm³/mol. The first-order valence-electron chi connectivity index (χ1n) is 12.9. The van der Waals surface area contributed by atoms with Crippen LogP contribution in [0.15, 0.2) is 121 Å². The molecule has 0 N–H and O–H groups in total. The predicted octanol–water partition coefficient (Wildman–Crippen LogP) is 10.1. The van der Waals surface area contributed by atoms with Crippen molar-refractivity contribution >= 4 is 33.9 Å². The number of para-hydroxylation sites is 1. The summed E-state index contributed by atoms with van der Waals surface area (Å²) in [4.78, 5) is 2.44. The zero-order chi connectivity index (χ0) is 24.5. The van der Waals surface area contributed by atoms with Crippen molar-refractivity contribution in [2.45, 2.75) is 20.3 Å². The maximum Gasteiger partial charge on any atom is 0.0540 e. The highest BCUT2D eigenvalue weighted by atomic mass is 15.1. The lowest BCUT2D eigenvalue weighted by molar-refractivity contribution is 1.20. The van der Waals surface area contributed by atoms with Crippen LogP contribution in [-0.4, -0.2) is 0 Å². The van der Waals surface area contributed by atoms with Crippen molar-refractivity contribution in [2.75, 3.05) is 4.90 Å². The monoisotopic (exact) mass is 463 g/mol. The highest BCUT2D eigenvalue weighted by molar-refractivity contribution is 6.19. The van der Waals surface area contributed by atoms with E-state index in [2.05, 4.69) is 132 Å². The maximum atomic E-state index is 2.44. The Morgan fingerprint density at radius 2 is 1.25 bits per heavy atom. The molecular formula is C35H29N. The van der Waals surface area contributed by atoms with Gasteiger partial charge in [-0.15, -0.1) is 0 Å². The minimum Gasteiger partial charge on any atom is -0.310 e. The van der Waals surface area contributed by atoms with Gasteiger partial charge in [0.2, 0.25) is 0 Å². The van der Waals surface area contributed by atoms with Crippen LogP contribution in [0.4, 0.5) is 17.1 Å². The fourth-order valence-electron chi connectivity index (χ4n) is 5.58. The molecule has 2 aliphatic rings. The van der Waals surface area contributed by atoms with Gasteiger partial charge in [-0.05, 0) is 69.5 Å². The Morgan fingerprint density at radius 3 is 2.06 bits per heavy atom. The van der Waals surface area contributed by atoms with Crippen LogP contribution in [0.5, 0.6) is 0 Å². The molecular weight excluding hydrogens is 434 g/mol. The molecule has 7 rings (SSSR count). The van der Waals surface area contributed by atoms with Gasteiger partial charge in [-0.1, -0.05) is 117 Å². The summed E-state index contributed by atoms with van der Waals surface area (Å²) >= 11 is 0. The average Bonchev–Trinajstić information content (AvgIpc) is 3.09. The van der Waals surface area contributed by atoms with Gasteiger partial charge < -0.3 is 4.90 Å². The first-order valence-corrected chi connectivity index (χ1v) is 12.9. The molecule has 5 aromatic rings. The summed E-state index contributed by atoms with van der Waals surface area (Å²) in [6.45, 7) is 4.00. The van der Waals surface area contributed by atoms with Crippen molar-refractivity contribution in [1.82, 2.24) is 0 Å². The fourth-order valence-corrected chi connectivity index (χ4v) is 5.58. The molecule has 5 aromatic carbocycles. The Morgan fingerprint density at radius 1 is 0.556 bits per heavy atom. The van der Waals surface area contributed by atoms with Crippen LogP contribution in [0.1, 0.15) is 25.0 Å². The minimum absolute atomic E-state index is 0.911. The van der Waals surface area contributed by atoms with Gasteiger partial charge in [0.15, 0.2) is 0 Å². The van der Waals surface area contributed by atoms with E-state index in [1.807, 2.05) is 13.8 Å². The molecule has 1 heteroatoms. The van der Waals surface area contributed by atoms with Crippen LogP contribution in [0.2, 0.25) is 0 Å². The van der Waals surface area contributed by atoms with Gasteiger partial charge >= 0.3 is 0 Å². The van der Waals surface area contributed by atoms with Crippen molar-refractivity contribution in [3.05, 3.63) is 132 Å². The van der Waals surface area contributed by atoms with Crippen molar-refractivity contribution in [3.8, 4) is 22.3 Å². The van der Waals surface area contributed by atoms with Gasteiger partial charge in [-0.2, -0.15) is 0 Å². The van der Waals surface area contributed by atoms with Gasteiger partial charge in [0.25, 0.3) is 0 Å². The van der Waals surface area contributed by atoms with Crippen LogP contribution < -0.4 is 4.90 Å². The Bertz CT molecular complexity index is 1590. The number of fused-ring (bicyclic) bond motifs is 4. The van der Waals surface area contributed by atoms with Crippen LogP contribution in [0.3, 0.4) is 0 Å². The van der Waals surface area contributed by atoms with E-state index in [0.29, 0.717) is 0 Å². The van der Waals surface area contributed by atoms with Gasteiger partial charge in [-0.3, -0.25) is 0 Å². The normalized spacial score (nSPS) is 12.4. The SMILES string of the molecule is C1=CCc2c(cccc2N(c2ccccc2)c2ccc3c4c(cccc24)-c2ccccc2-3)C=C1.CC. The molecule has 0 amide bonds. The minimum atomic E-state index is 0.911. The number of anilines is 3. The maximum absolute atomic E-state index is 2.44. The summed E-state index contributed by atoms with van der Waals surface area (Å²) in [5.41, 5.74) is 11.6. The molecule has 0 bridgehead atoms. The number of nitrogens with zero attached hydrogens (tertiary/aromatic N) is 1. The fraction of sp³-hybridized carbons (Fsp3) is 0.0857. The molecule has 0 aliphatic heterocycles. The number of allylic oxidation sites excluding steroid dienone is 3. The van der Waals surface area contributed by atoms with E-state index in [9.17, 15) is 0 Å². The zero-order valence-electron chi connectivity index (χ0n) is 20.8. The summed E-state index contributed by atoms with van der Waals surface area (Å²) in [6.07, 6.45) is 9.66. The largest absolute Gasteiger partial charge is 0.310 e. The molecule has 0 aromatic heterocycles. The van der Waals surface area contributed by atoms with Crippen molar-refractivity contribution in [3.63, 3.8) is 0 Å². The van der Waals surface area contributed by atoms with Crippen LogP contribution in [-0.2, 0) is 6.42 Å². The summed E-state index contributed by atoms with van der Waals surface area (Å²) in [6, 6.07) is 37.5. The van der Waals surface area contributed by atoms with E-state index in [4.69, 9.17) is 0 Å². The van der Waals surface area contributed by atoms with Crippen molar-refractivity contribution in [2.24, 2.45) is 0 Å². The Hall–Kier alpha value is -4.36. The van der Waals surface area contributed by atoms with E-state index in [1.54, 1.807) is 0 Å². The molecule has 0 saturated heterocycles. The third-order valence-corrected chi connectivity index (χ3v) is 7.05. The molecule has 0 unspecified atom stereocenters. The number of hydrogen-bond acceptors (Lipinski definition) is 1. The topological polar surface area (TPSA) is 3.24 Å². The first kappa shape index (κ1) is 22.1. The molecule has 2 aliphatic carbocycles. The molecule has 0 heterocycles. The van der Waals surface area contributed by atoms with E-state index < -0.39 is 0 Å². The molecule has 0 saturated carbocycles. The van der Waals surface area contributed by atoms with Gasteiger partial charge in [-0.25, -0.2) is 0 Å².